The number of nitrogens with one attached hydrogen (secondary N) is 1. The minimum absolute atomic E-state index is 0.143. The molecule has 35 heavy (non-hydrogen) atoms. The van der Waals surface area contributed by atoms with Gasteiger partial charge in [0.05, 0.1) is 5.69 Å². The Labute approximate surface area is 211 Å². The zero-order valence-electron chi connectivity index (χ0n) is 19.5. The average molecular weight is 509 g/mol. The predicted molar refractivity (Wildman–Crippen MR) is 139 cm³/mol. The van der Waals surface area contributed by atoms with Crippen LogP contribution in [0.3, 0.4) is 0 Å². The number of aromatic nitrogens is 3. The van der Waals surface area contributed by atoms with Crippen LogP contribution in [0.5, 0.6) is 0 Å². The summed E-state index contributed by atoms with van der Waals surface area (Å²) < 4.78 is 1.37. The molecule has 4 aromatic rings. The fourth-order valence-electron chi connectivity index (χ4n) is 4.04. The summed E-state index contributed by atoms with van der Waals surface area (Å²) in [6.45, 7) is 7.07. The van der Waals surface area contributed by atoms with Crippen LogP contribution in [0, 0.1) is 13.8 Å². The van der Waals surface area contributed by atoms with Gasteiger partial charge in [-0.15, -0.1) is 0 Å². The van der Waals surface area contributed by atoms with Crippen LogP contribution in [0.25, 0.3) is 15.5 Å². The van der Waals surface area contributed by atoms with Gasteiger partial charge in [-0.25, -0.2) is 9.78 Å². The first-order chi connectivity index (χ1) is 16.9. The second-order valence-corrected chi connectivity index (χ2v) is 10.1. The summed E-state index contributed by atoms with van der Waals surface area (Å²) in [7, 11) is 0. The van der Waals surface area contributed by atoms with Crippen LogP contribution < -0.4 is 10.9 Å². The topological polar surface area (TPSA) is 82.8 Å². The summed E-state index contributed by atoms with van der Waals surface area (Å²) in [4.78, 5) is 34.6. The molecule has 0 unspecified atom stereocenters. The van der Waals surface area contributed by atoms with Crippen LogP contribution in [-0.2, 0) is 6.54 Å². The molecule has 1 fully saturated rings. The molecule has 180 valence electrons. The number of halogens is 1. The third kappa shape index (κ3) is 5.22. The van der Waals surface area contributed by atoms with Crippen molar-refractivity contribution >= 4 is 39.6 Å². The van der Waals surface area contributed by atoms with Gasteiger partial charge in [-0.05, 0) is 37.6 Å². The van der Waals surface area contributed by atoms with E-state index in [9.17, 15) is 9.59 Å². The van der Waals surface area contributed by atoms with Crippen molar-refractivity contribution < 1.29 is 4.79 Å². The average Bonchev–Trinajstić information content (AvgIpc) is 3.27. The highest BCUT2D eigenvalue weighted by Gasteiger charge is 2.22. The molecule has 8 nitrogen and oxygen atoms in total. The van der Waals surface area contributed by atoms with Gasteiger partial charge in [0, 0.05) is 55.1 Å². The van der Waals surface area contributed by atoms with Crippen LogP contribution in [0.2, 0.25) is 5.02 Å². The SMILES string of the molecule is Cc1cccc(-c2nn3c(=O)cc(CN4CCN(C(=O)Nc5ccc(C)c(Cl)c5)CC4)nc3s2)c1. The summed E-state index contributed by atoms with van der Waals surface area (Å²) in [5.74, 6) is 0. The number of fused-ring (bicyclic) bond motifs is 1. The fraction of sp³-hybridized carbons (Fsp3) is 0.280. The number of hydrogen-bond acceptors (Lipinski definition) is 6. The molecule has 3 heterocycles. The van der Waals surface area contributed by atoms with E-state index in [-0.39, 0.29) is 11.6 Å². The number of nitrogens with zero attached hydrogens (tertiary/aromatic N) is 5. The van der Waals surface area contributed by atoms with Gasteiger partial charge in [0.2, 0.25) is 4.96 Å². The molecule has 0 spiro atoms. The number of hydrogen-bond donors (Lipinski definition) is 1. The van der Waals surface area contributed by atoms with Crippen LogP contribution in [0.4, 0.5) is 10.5 Å². The Morgan fingerprint density at radius 2 is 1.89 bits per heavy atom. The van der Waals surface area contributed by atoms with Crippen molar-refractivity contribution in [3.8, 4) is 10.6 Å². The Bertz CT molecular complexity index is 1460. The third-order valence-corrected chi connectivity index (χ3v) is 7.40. The lowest BCUT2D eigenvalue weighted by Gasteiger charge is -2.34. The van der Waals surface area contributed by atoms with E-state index in [1.165, 1.54) is 15.9 Å². The standard InChI is InChI=1S/C25H25ClN6O2S/c1-16-4-3-5-18(12-16)23-29-32-22(33)14-20(28-25(32)35-23)15-30-8-10-31(11-9-30)24(34)27-19-7-6-17(2)21(26)13-19/h3-7,12-14H,8-11,15H2,1-2H3,(H,27,34). The quantitative estimate of drug-likeness (QED) is 0.440. The fourth-order valence-corrected chi connectivity index (χ4v) is 5.14. The molecular formula is C25H25ClN6O2S. The summed E-state index contributed by atoms with van der Waals surface area (Å²) >= 11 is 7.57. The number of piperazine rings is 1. The Balaban J connectivity index is 1.23. The highest BCUT2D eigenvalue weighted by atomic mass is 35.5. The first-order valence-corrected chi connectivity index (χ1v) is 12.6. The van der Waals surface area contributed by atoms with Gasteiger partial charge in [0.25, 0.3) is 5.56 Å². The van der Waals surface area contributed by atoms with Crippen molar-refractivity contribution in [3.63, 3.8) is 0 Å². The van der Waals surface area contributed by atoms with Crippen molar-refractivity contribution in [3.05, 3.63) is 80.7 Å². The molecule has 0 radical (unpaired) electrons. The highest BCUT2D eigenvalue weighted by molar-refractivity contribution is 7.19. The summed E-state index contributed by atoms with van der Waals surface area (Å²) in [5.41, 5.74) is 4.29. The predicted octanol–water partition coefficient (Wildman–Crippen LogP) is 4.44. The Morgan fingerprint density at radius 3 is 2.63 bits per heavy atom. The number of anilines is 1. The summed E-state index contributed by atoms with van der Waals surface area (Å²) in [6.07, 6.45) is 0. The number of benzene rings is 2. The van der Waals surface area contributed by atoms with E-state index in [1.54, 1.807) is 17.0 Å². The van der Waals surface area contributed by atoms with Gasteiger partial charge in [0.15, 0.2) is 0 Å². The molecule has 0 saturated carbocycles. The maximum atomic E-state index is 12.7. The van der Waals surface area contributed by atoms with Crippen LogP contribution in [0.1, 0.15) is 16.8 Å². The van der Waals surface area contributed by atoms with Crippen molar-refractivity contribution in [1.82, 2.24) is 24.4 Å². The van der Waals surface area contributed by atoms with E-state index < -0.39 is 0 Å². The van der Waals surface area contributed by atoms with Crippen LogP contribution in [0.15, 0.2) is 53.3 Å². The molecule has 1 saturated heterocycles. The van der Waals surface area contributed by atoms with Gasteiger partial charge >= 0.3 is 6.03 Å². The van der Waals surface area contributed by atoms with Gasteiger partial charge < -0.3 is 10.2 Å². The molecule has 5 rings (SSSR count). The molecule has 1 aliphatic rings. The first-order valence-electron chi connectivity index (χ1n) is 11.4. The third-order valence-electron chi connectivity index (χ3n) is 6.03. The Kier molecular flexibility index (Phi) is 6.55. The molecule has 1 N–H and O–H groups in total. The zero-order valence-corrected chi connectivity index (χ0v) is 21.1. The minimum atomic E-state index is -0.185. The number of carbonyl (C=O) groups is 1. The van der Waals surface area contributed by atoms with E-state index in [4.69, 9.17) is 16.6 Å². The second kappa shape index (κ2) is 9.77. The van der Waals surface area contributed by atoms with Crippen molar-refractivity contribution in [2.24, 2.45) is 0 Å². The monoisotopic (exact) mass is 508 g/mol. The smallest absolute Gasteiger partial charge is 0.321 e. The summed E-state index contributed by atoms with van der Waals surface area (Å²) in [5, 5.41) is 8.78. The Morgan fingerprint density at radius 1 is 1.09 bits per heavy atom. The van der Waals surface area contributed by atoms with Gasteiger partial charge in [-0.2, -0.15) is 9.61 Å². The number of carbonyl (C=O) groups excluding carboxylic acids is 1. The van der Waals surface area contributed by atoms with Gasteiger partial charge in [-0.1, -0.05) is 52.8 Å². The molecule has 0 aliphatic carbocycles. The molecule has 2 aromatic carbocycles. The normalized spacial score (nSPS) is 14.4. The maximum absolute atomic E-state index is 12.7. The highest BCUT2D eigenvalue weighted by Crippen LogP contribution is 2.25. The number of urea groups is 1. The number of aryl methyl sites for hydroxylation is 2. The molecule has 2 amide bonds. The second-order valence-electron chi connectivity index (χ2n) is 8.71. The van der Waals surface area contributed by atoms with E-state index in [0.29, 0.717) is 54.1 Å². The van der Waals surface area contributed by atoms with E-state index >= 15 is 0 Å². The van der Waals surface area contributed by atoms with E-state index in [2.05, 4.69) is 15.3 Å². The number of amides is 2. The van der Waals surface area contributed by atoms with Crippen molar-refractivity contribution in [2.75, 3.05) is 31.5 Å². The van der Waals surface area contributed by atoms with E-state index in [0.717, 1.165) is 21.7 Å². The Hall–Kier alpha value is -3.27. The molecule has 0 bridgehead atoms. The molecule has 0 atom stereocenters. The lowest BCUT2D eigenvalue weighted by Crippen LogP contribution is -2.49. The van der Waals surface area contributed by atoms with Gasteiger partial charge in [-0.3, -0.25) is 9.69 Å². The zero-order chi connectivity index (χ0) is 24.5. The van der Waals surface area contributed by atoms with Crippen molar-refractivity contribution in [1.29, 1.82) is 0 Å². The maximum Gasteiger partial charge on any atom is 0.321 e. The molecular weight excluding hydrogens is 484 g/mol. The first kappa shape index (κ1) is 23.5. The number of rotatable bonds is 4. The molecule has 1 aliphatic heterocycles. The largest absolute Gasteiger partial charge is 0.322 e. The van der Waals surface area contributed by atoms with Gasteiger partial charge in [0.1, 0.15) is 5.01 Å². The lowest BCUT2D eigenvalue weighted by atomic mass is 10.1. The van der Waals surface area contributed by atoms with Crippen molar-refractivity contribution in [2.45, 2.75) is 20.4 Å². The van der Waals surface area contributed by atoms with E-state index in [1.807, 2.05) is 50.2 Å². The molecule has 2 aromatic heterocycles. The minimum Gasteiger partial charge on any atom is -0.322 e. The lowest BCUT2D eigenvalue weighted by molar-refractivity contribution is 0.142. The van der Waals surface area contributed by atoms with Crippen LogP contribution >= 0.6 is 22.9 Å². The summed E-state index contributed by atoms with van der Waals surface area (Å²) in [6, 6.07) is 14.9. The van der Waals surface area contributed by atoms with Crippen LogP contribution in [-0.4, -0.2) is 56.6 Å². The molecule has 10 heteroatoms.